The van der Waals surface area contributed by atoms with E-state index < -0.39 is 43.4 Å². The van der Waals surface area contributed by atoms with Gasteiger partial charge in [0.05, 0.1) is 31.8 Å². The molecule has 112 valence electrons. The Morgan fingerprint density at radius 3 is 2.47 bits per heavy atom. The van der Waals surface area contributed by atoms with Crippen LogP contribution in [0.5, 0.6) is 0 Å². The fourth-order valence-corrected chi connectivity index (χ4v) is 4.79. The number of sulfone groups is 1. The molecule has 0 aromatic heterocycles. The quantitative estimate of drug-likeness (QED) is 0.553. The predicted octanol–water partition coefficient (Wildman–Crippen LogP) is -1.77. The molecule has 0 spiro atoms. The Bertz CT molecular complexity index is 525. The monoisotopic (exact) mass is 315 g/mol. The van der Waals surface area contributed by atoms with E-state index in [2.05, 4.69) is 4.74 Å². The van der Waals surface area contributed by atoms with Gasteiger partial charge < -0.3 is 9.47 Å². The van der Waals surface area contributed by atoms with E-state index in [1.165, 1.54) is 0 Å². The number of morpholine rings is 1. The zero-order valence-electron chi connectivity index (χ0n) is 10.7. The summed E-state index contributed by atoms with van der Waals surface area (Å²) in [6.07, 6.45) is 0.958. The number of sulfonamides is 1. The molecule has 1 saturated heterocycles. The van der Waals surface area contributed by atoms with E-state index >= 15 is 0 Å². The second-order valence-corrected chi connectivity index (χ2v) is 8.47. The van der Waals surface area contributed by atoms with E-state index in [9.17, 15) is 21.6 Å². The molecular formula is C9H17NO7S2. The van der Waals surface area contributed by atoms with Crippen LogP contribution >= 0.6 is 0 Å². The summed E-state index contributed by atoms with van der Waals surface area (Å²) in [7, 11) is -6.09. The van der Waals surface area contributed by atoms with Crippen molar-refractivity contribution in [3.63, 3.8) is 0 Å². The fraction of sp³-hybridized carbons (Fsp3) is 0.889. The van der Waals surface area contributed by atoms with Crippen molar-refractivity contribution in [1.82, 2.24) is 4.31 Å². The molecule has 19 heavy (non-hydrogen) atoms. The Labute approximate surface area is 112 Å². The van der Waals surface area contributed by atoms with Crippen LogP contribution in [0.4, 0.5) is 0 Å². The predicted molar refractivity (Wildman–Crippen MR) is 66.8 cm³/mol. The SMILES string of the molecule is COC(=O)C1COCCN1S(=O)(=O)CCS(C)(=O)=O. The minimum Gasteiger partial charge on any atom is -0.468 e. The van der Waals surface area contributed by atoms with Crippen molar-refractivity contribution in [2.75, 3.05) is 44.6 Å². The molecule has 0 bridgehead atoms. The van der Waals surface area contributed by atoms with Crippen LogP contribution in [0, 0.1) is 0 Å². The first-order valence-electron chi connectivity index (χ1n) is 5.50. The van der Waals surface area contributed by atoms with Crippen LogP contribution in [0.3, 0.4) is 0 Å². The van der Waals surface area contributed by atoms with Gasteiger partial charge in [0.25, 0.3) is 0 Å². The summed E-state index contributed by atoms with van der Waals surface area (Å²) in [4.78, 5) is 11.5. The van der Waals surface area contributed by atoms with Gasteiger partial charge in [-0.3, -0.25) is 4.79 Å². The van der Waals surface area contributed by atoms with E-state index in [1.54, 1.807) is 0 Å². The number of rotatable bonds is 5. The van der Waals surface area contributed by atoms with Crippen molar-refractivity contribution < 1.29 is 31.1 Å². The number of esters is 1. The number of carbonyl (C=O) groups is 1. The summed E-state index contributed by atoms with van der Waals surface area (Å²) in [5.41, 5.74) is 0. The van der Waals surface area contributed by atoms with Crippen molar-refractivity contribution in [3.05, 3.63) is 0 Å². The summed E-state index contributed by atoms with van der Waals surface area (Å²) in [5, 5.41) is 0. The summed E-state index contributed by atoms with van der Waals surface area (Å²) in [5.74, 6) is -1.76. The third-order valence-electron chi connectivity index (χ3n) is 2.62. The zero-order valence-corrected chi connectivity index (χ0v) is 12.4. The third kappa shape index (κ3) is 4.71. The number of ether oxygens (including phenoxy) is 2. The number of methoxy groups -OCH3 is 1. The van der Waals surface area contributed by atoms with E-state index in [0.29, 0.717) is 0 Å². The molecular weight excluding hydrogens is 298 g/mol. The third-order valence-corrected chi connectivity index (χ3v) is 5.70. The maximum absolute atomic E-state index is 12.1. The van der Waals surface area contributed by atoms with Crippen LogP contribution in [0.1, 0.15) is 0 Å². The largest absolute Gasteiger partial charge is 0.468 e. The van der Waals surface area contributed by atoms with Gasteiger partial charge in [-0.05, 0) is 0 Å². The molecule has 0 N–H and O–H groups in total. The van der Waals surface area contributed by atoms with Gasteiger partial charge in [-0.25, -0.2) is 16.8 Å². The van der Waals surface area contributed by atoms with Gasteiger partial charge in [-0.15, -0.1) is 0 Å². The molecule has 0 radical (unpaired) electrons. The normalized spacial score (nSPS) is 22.1. The molecule has 0 aromatic rings. The molecule has 1 atom stereocenters. The first-order chi connectivity index (χ1) is 8.67. The maximum atomic E-state index is 12.1. The highest BCUT2D eigenvalue weighted by atomic mass is 32.2. The van der Waals surface area contributed by atoms with Crippen LogP contribution in [-0.2, 0) is 34.1 Å². The highest BCUT2D eigenvalue weighted by Crippen LogP contribution is 2.14. The highest BCUT2D eigenvalue weighted by Gasteiger charge is 2.38. The van der Waals surface area contributed by atoms with Crippen LogP contribution in [-0.4, -0.2) is 77.8 Å². The number of carbonyl (C=O) groups excluding carboxylic acids is 1. The van der Waals surface area contributed by atoms with E-state index in [0.717, 1.165) is 17.7 Å². The van der Waals surface area contributed by atoms with Gasteiger partial charge in [0.15, 0.2) is 0 Å². The van der Waals surface area contributed by atoms with E-state index in [4.69, 9.17) is 4.74 Å². The molecule has 1 rings (SSSR count). The second kappa shape index (κ2) is 6.16. The van der Waals surface area contributed by atoms with Crippen LogP contribution in [0.2, 0.25) is 0 Å². The Hall–Kier alpha value is -0.710. The standard InChI is InChI=1S/C9H17NO7S2/c1-16-9(11)8-7-17-4-3-10(8)19(14,15)6-5-18(2,12)13/h8H,3-7H2,1-2H3. The van der Waals surface area contributed by atoms with E-state index in [-0.39, 0.29) is 19.8 Å². The maximum Gasteiger partial charge on any atom is 0.326 e. The molecule has 0 amide bonds. The first-order valence-corrected chi connectivity index (χ1v) is 9.17. The van der Waals surface area contributed by atoms with Crippen LogP contribution in [0.15, 0.2) is 0 Å². The fourth-order valence-electron chi connectivity index (χ4n) is 1.62. The summed E-state index contributed by atoms with van der Waals surface area (Å²) in [6.45, 7) is 0.0717. The van der Waals surface area contributed by atoms with Gasteiger partial charge in [0.1, 0.15) is 15.9 Å². The van der Waals surface area contributed by atoms with Crippen molar-refractivity contribution in [1.29, 1.82) is 0 Å². The Kier molecular flexibility index (Phi) is 5.30. The van der Waals surface area contributed by atoms with Gasteiger partial charge >= 0.3 is 5.97 Å². The topological polar surface area (TPSA) is 107 Å². The van der Waals surface area contributed by atoms with Crippen molar-refractivity contribution >= 4 is 25.8 Å². The Balaban J connectivity index is 2.87. The lowest BCUT2D eigenvalue weighted by Gasteiger charge is -2.32. The smallest absolute Gasteiger partial charge is 0.326 e. The average molecular weight is 315 g/mol. The number of nitrogens with zero attached hydrogens (tertiary/aromatic N) is 1. The molecule has 10 heteroatoms. The first kappa shape index (κ1) is 16.3. The molecule has 1 aliphatic rings. The Morgan fingerprint density at radius 1 is 1.32 bits per heavy atom. The minimum atomic E-state index is -3.85. The molecule has 1 fully saturated rings. The van der Waals surface area contributed by atoms with Crippen molar-refractivity contribution in [2.24, 2.45) is 0 Å². The van der Waals surface area contributed by atoms with Gasteiger partial charge in [-0.2, -0.15) is 4.31 Å². The second-order valence-electron chi connectivity index (χ2n) is 4.17. The van der Waals surface area contributed by atoms with Gasteiger partial charge in [0, 0.05) is 12.8 Å². The molecule has 1 unspecified atom stereocenters. The highest BCUT2D eigenvalue weighted by molar-refractivity contribution is 7.93. The molecule has 0 aliphatic carbocycles. The van der Waals surface area contributed by atoms with Crippen LogP contribution < -0.4 is 0 Å². The summed E-state index contributed by atoms with van der Waals surface area (Å²) in [6, 6.07) is -1.05. The molecule has 1 heterocycles. The lowest BCUT2D eigenvalue weighted by atomic mass is 10.3. The molecule has 0 saturated carbocycles. The Morgan fingerprint density at radius 2 is 1.95 bits per heavy atom. The van der Waals surface area contributed by atoms with Crippen molar-refractivity contribution in [2.45, 2.75) is 6.04 Å². The average Bonchev–Trinajstić information content (AvgIpc) is 2.35. The molecule has 8 nitrogen and oxygen atoms in total. The summed E-state index contributed by atoms with van der Waals surface area (Å²) < 4.78 is 56.7. The molecule has 0 aromatic carbocycles. The van der Waals surface area contributed by atoms with Gasteiger partial charge in [-0.1, -0.05) is 0 Å². The lowest BCUT2D eigenvalue weighted by molar-refractivity contribution is -0.149. The molecule has 1 aliphatic heterocycles. The van der Waals surface area contributed by atoms with Gasteiger partial charge in [0.2, 0.25) is 10.0 Å². The van der Waals surface area contributed by atoms with Crippen LogP contribution in [0.25, 0.3) is 0 Å². The number of hydrogen-bond acceptors (Lipinski definition) is 7. The zero-order chi connectivity index (χ0) is 14.7. The van der Waals surface area contributed by atoms with Crippen molar-refractivity contribution in [3.8, 4) is 0 Å². The lowest BCUT2D eigenvalue weighted by Crippen LogP contribution is -2.53. The number of hydrogen-bond donors (Lipinski definition) is 0. The minimum absolute atomic E-state index is 0.00582. The van der Waals surface area contributed by atoms with E-state index in [1.807, 2.05) is 0 Å². The summed E-state index contributed by atoms with van der Waals surface area (Å²) >= 11 is 0.